The maximum absolute atomic E-state index is 15.4. The highest BCUT2D eigenvalue weighted by molar-refractivity contribution is 7.89. The monoisotopic (exact) mass is 476 g/mol. The van der Waals surface area contributed by atoms with E-state index in [9.17, 15) is 13.2 Å². The van der Waals surface area contributed by atoms with Crippen LogP contribution in [0, 0.1) is 0 Å². The summed E-state index contributed by atoms with van der Waals surface area (Å²) in [6.07, 6.45) is -0.417. The highest BCUT2D eigenvalue weighted by Gasteiger charge is 2.44. The van der Waals surface area contributed by atoms with Gasteiger partial charge in [0.25, 0.3) is 5.91 Å². The van der Waals surface area contributed by atoms with Crippen LogP contribution in [0.5, 0.6) is 0 Å². The largest absolute Gasteiger partial charge is 0.323 e. The Kier molecular flexibility index (Phi) is 5.00. The SMILES string of the molecule is O=C(Nc1ccc2scnc2c1)C1(F)CCN(S(=O)(=O)c2ccc3ncsc3c2)CC1. The van der Waals surface area contributed by atoms with Crippen LogP contribution in [0.15, 0.2) is 52.3 Å². The predicted octanol–water partition coefficient (Wildman–Crippen LogP) is 4.04. The molecule has 0 saturated carbocycles. The van der Waals surface area contributed by atoms with Gasteiger partial charge in [-0.25, -0.2) is 22.8 Å². The lowest BCUT2D eigenvalue weighted by molar-refractivity contribution is -0.129. The lowest BCUT2D eigenvalue weighted by Crippen LogP contribution is -2.50. The van der Waals surface area contributed by atoms with Gasteiger partial charge >= 0.3 is 0 Å². The van der Waals surface area contributed by atoms with Crippen molar-refractivity contribution in [3.8, 4) is 0 Å². The Morgan fingerprint density at radius 1 is 1.00 bits per heavy atom. The summed E-state index contributed by atoms with van der Waals surface area (Å²) >= 11 is 2.84. The first kappa shape index (κ1) is 20.4. The maximum atomic E-state index is 15.4. The quantitative estimate of drug-likeness (QED) is 0.480. The van der Waals surface area contributed by atoms with Crippen molar-refractivity contribution in [2.45, 2.75) is 23.4 Å². The van der Waals surface area contributed by atoms with Crippen LogP contribution < -0.4 is 5.32 Å². The maximum Gasteiger partial charge on any atom is 0.262 e. The lowest BCUT2D eigenvalue weighted by atomic mass is 9.93. The first-order valence-electron chi connectivity index (χ1n) is 9.52. The molecule has 0 radical (unpaired) electrons. The summed E-state index contributed by atoms with van der Waals surface area (Å²) in [6.45, 7) is -0.143. The number of nitrogens with zero attached hydrogens (tertiary/aromatic N) is 3. The summed E-state index contributed by atoms with van der Waals surface area (Å²) in [5.41, 5.74) is 3.16. The van der Waals surface area contributed by atoms with Gasteiger partial charge < -0.3 is 5.32 Å². The standard InChI is InChI=1S/C20H17FN4O3S3/c21-20(19(26)24-13-1-4-17-16(9-13)23-12-29-17)5-7-25(8-6-20)31(27,28)14-2-3-15-18(10-14)30-11-22-15/h1-4,9-12H,5-8H2,(H,24,26). The third kappa shape index (κ3) is 3.71. The summed E-state index contributed by atoms with van der Waals surface area (Å²) in [4.78, 5) is 21.1. The molecule has 5 rings (SSSR count). The number of alkyl halides is 1. The molecule has 3 heterocycles. The van der Waals surface area contributed by atoms with Crippen molar-refractivity contribution < 1.29 is 17.6 Å². The molecule has 0 spiro atoms. The number of carbonyl (C=O) groups excluding carboxylic acids is 1. The molecule has 1 amide bonds. The van der Waals surface area contributed by atoms with E-state index in [1.807, 2.05) is 6.07 Å². The van der Waals surface area contributed by atoms with Crippen molar-refractivity contribution in [2.75, 3.05) is 18.4 Å². The zero-order valence-electron chi connectivity index (χ0n) is 16.1. The molecule has 160 valence electrons. The van der Waals surface area contributed by atoms with Crippen LogP contribution in [0.4, 0.5) is 10.1 Å². The van der Waals surface area contributed by atoms with E-state index in [2.05, 4.69) is 15.3 Å². The van der Waals surface area contributed by atoms with Gasteiger partial charge in [0, 0.05) is 31.6 Å². The molecule has 31 heavy (non-hydrogen) atoms. The molecule has 1 aliphatic rings. The van der Waals surface area contributed by atoms with E-state index in [1.165, 1.54) is 33.0 Å². The van der Waals surface area contributed by atoms with E-state index in [1.54, 1.807) is 35.3 Å². The number of halogens is 1. The Morgan fingerprint density at radius 3 is 2.48 bits per heavy atom. The zero-order valence-corrected chi connectivity index (χ0v) is 18.6. The molecule has 11 heteroatoms. The number of rotatable bonds is 4. The summed E-state index contributed by atoms with van der Waals surface area (Å²) < 4.78 is 44.4. The normalized spacial score (nSPS) is 17.2. The molecular weight excluding hydrogens is 459 g/mol. The Hall–Kier alpha value is -2.47. The molecule has 4 aromatic rings. The minimum absolute atomic E-state index is 0.0713. The van der Waals surface area contributed by atoms with Gasteiger partial charge in [0.05, 0.1) is 36.3 Å². The number of thiazole rings is 2. The van der Waals surface area contributed by atoms with Gasteiger partial charge in [0.2, 0.25) is 10.0 Å². The molecule has 0 unspecified atom stereocenters. The number of benzene rings is 2. The summed E-state index contributed by atoms with van der Waals surface area (Å²) in [5, 5.41) is 2.61. The van der Waals surface area contributed by atoms with Crippen molar-refractivity contribution in [3.05, 3.63) is 47.4 Å². The van der Waals surface area contributed by atoms with Crippen molar-refractivity contribution in [2.24, 2.45) is 0 Å². The fourth-order valence-electron chi connectivity index (χ4n) is 3.63. The number of piperidine rings is 1. The number of hydrogen-bond donors (Lipinski definition) is 1. The van der Waals surface area contributed by atoms with Crippen molar-refractivity contribution in [3.63, 3.8) is 0 Å². The molecule has 7 nitrogen and oxygen atoms in total. The van der Waals surface area contributed by atoms with E-state index < -0.39 is 21.6 Å². The Morgan fingerprint density at radius 2 is 1.71 bits per heavy atom. The molecule has 2 aromatic carbocycles. The van der Waals surface area contributed by atoms with Gasteiger partial charge in [-0.1, -0.05) is 0 Å². The van der Waals surface area contributed by atoms with Gasteiger partial charge in [-0.15, -0.1) is 22.7 Å². The number of hydrogen-bond acceptors (Lipinski definition) is 7. The third-order valence-corrected chi connectivity index (χ3v) is 8.95. The molecule has 0 atom stereocenters. The van der Waals surface area contributed by atoms with Crippen molar-refractivity contribution in [1.29, 1.82) is 0 Å². The average molecular weight is 477 g/mol. The number of fused-ring (bicyclic) bond motifs is 2. The van der Waals surface area contributed by atoms with Crippen LogP contribution >= 0.6 is 22.7 Å². The highest BCUT2D eigenvalue weighted by atomic mass is 32.2. The second-order valence-corrected chi connectivity index (χ2v) is 11.1. The smallest absolute Gasteiger partial charge is 0.262 e. The van der Waals surface area contributed by atoms with E-state index in [0.29, 0.717) is 5.69 Å². The van der Waals surface area contributed by atoms with E-state index >= 15 is 4.39 Å². The number of anilines is 1. The van der Waals surface area contributed by atoms with Crippen LogP contribution in [0.1, 0.15) is 12.8 Å². The minimum Gasteiger partial charge on any atom is -0.323 e. The molecule has 0 aliphatic carbocycles. The van der Waals surface area contributed by atoms with Crippen molar-refractivity contribution >= 4 is 64.7 Å². The summed E-state index contributed by atoms with van der Waals surface area (Å²) in [7, 11) is -3.78. The number of carbonyl (C=O) groups is 1. The van der Waals surface area contributed by atoms with Crippen LogP contribution in [-0.4, -0.2) is 47.4 Å². The molecule has 1 aliphatic heterocycles. The van der Waals surface area contributed by atoms with Crippen LogP contribution in [0.2, 0.25) is 0 Å². The first-order valence-corrected chi connectivity index (χ1v) is 12.7. The van der Waals surface area contributed by atoms with Gasteiger partial charge in [-0.05, 0) is 36.4 Å². The Bertz CT molecular complexity index is 1390. The van der Waals surface area contributed by atoms with Gasteiger partial charge in [0.15, 0.2) is 5.67 Å². The zero-order chi connectivity index (χ0) is 21.6. The topological polar surface area (TPSA) is 92.3 Å². The molecule has 2 aromatic heterocycles. The summed E-state index contributed by atoms with van der Waals surface area (Å²) in [6, 6.07) is 9.98. The Balaban J connectivity index is 1.29. The molecular formula is C20H17FN4O3S3. The highest BCUT2D eigenvalue weighted by Crippen LogP contribution is 2.32. The minimum atomic E-state index is -3.78. The molecule has 0 bridgehead atoms. The predicted molar refractivity (Wildman–Crippen MR) is 120 cm³/mol. The second-order valence-electron chi connectivity index (χ2n) is 7.34. The number of amides is 1. The van der Waals surface area contributed by atoms with Gasteiger partial charge in [-0.2, -0.15) is 4.31 Å². The van der Waals surface area contributed by atoms with Crippen LogP contribution in [-0.2, 0) is 14.8 Å². The molecule has 1 fully saturated rings. The number of nitrogens with one attached hydrogen (secondary N) is 1. The van der Waals surface area contributed by atoms with E-state index in [0.717, 1.165) is 20.4 Å². The van der Waals surface area contributed by atoms with E-state index in [4.69, 9.17) is 0 Å². The lowest BCUT2D eigenvalue weighted by Gasteiger charge is -2.34. The van der Waals surface area contributed by atoms with E-state index in [-0.39, 0.29) is 30.8 Å². The third-order valence-electron chi connectivity index (χ3n) is 5.45. The second kappa shape index (κ2) is 7.59. The molecule has 1 saturated heterocycles. The fourth-order valence-corrected chi connectivity index (χ4v) is 6.55. The number of sulfonamides is 1. The van der Waals surface area contributed by atoms with Crippen LogP contribution in [0.25, 0.3) is 20.4 Å². The Labute approximate surface area is 185 Å². The summed E-state index contributed by atoms with van der Waals surface area (Å²) in [5.74, 6) is -0.759. The number of aromatic nitrogens is 2. The van der Waals surface area contributed by atoms with Crippen molar-refractivity contribution in [1.82, 2.24) is 14.3 Å². The first-order chi connectivity index (χ1) is 14.8. The average Bonchev–Trinajstić information content (AvgIpc) is 3.42. The van der Waals surface area contributed by atoms with Gasteiger partial charge in [-0.3, -0.25) is 4.79 Å². The fraction of sp³-hybridized carbons (Fsp3) is 0.250. The van der Waals surface area contributed by atoms with Crippen LogP contribution in [0.3, 0.4) is 0 Å². The molecule has 1 N–H and O–H groups in total. The van der Waals surface area contributed by atoms with Gasteiger partial charge in [0.1, 0.15) is 0 Å².